The number of carbonyl (C=O) groups is 3. The predicted molar refractivity (Wildman–Crippen MR) is 106 cm³/mol. The molecule has 0 aromatic rings. The first-order valence-electron chi connectivity index (χ1n) is 10.5. The first-order chi connectivity index (χ1) is 13.9. The molecule has 0 amide bonds. The minimum Gasteiger partial charge on any atom is -0.481 e. The van der Waals surface area contributed by atoms with Gasteiger partial charge >= 0.3 is 5.97 Å². The van der Waals surface area contributed by atoms with Crippen molar-refractivity contribution in [3.63, 3.8) is 0 Å². The first kappa shape index (κ1) is 21.2. The smallest absolute Gasteiger partial charge is 0.306 e. The van der Waals surface area contributed by atoms with Crippen LogP contribution in [0.15, 0.2) is 35.5 Å². The second-order valence-electron chi connectivity index (χ2n) is 9.62. The molecular formula is C23H28O7. The van der Waals surface area contributed by atoms with Gasteiger partial charge in [-0.15, -0.1) is 0 Å². The third kappa shape index (κ3) is 2.65. The van der Waals surface area contributed by atoms with Crippen molar-refractivity contribution in [1.82, 2.24) is 0 Å². The van der Waals surface area contributed by atoms with Crippen LogP contribution in [0.2, 0.25) is 0 Å². The lowest BCUT2D eigenvalue weighted by atomic mass is 9.48. The number of aliphatic hydroxyl groups excluding tert-OH is 2. The Kier molecular flexibility index (Phi) is 4.73. The van der Waals surface area contributed by atoms with Gasteiger partial charge in [0.2, 0.25) is 0 Å². The number of aliphatic carboxylic acids is 1. The Morgan fingerprint density at radius 1 is 1.27 bits per heavy atom. The minimum atomic E-state index is -2.27. The highest BCUT2D eigenvalue weighted by atomic mass is 16.4. The molecule has 0 bridgehead atoms. The zero-order chi connectivity index (χ0) is 22.1. The van der Waals surface area contributed by atoms with Gasteiger partial charge in [0.1, 0.15) is 12.2 Å². The number of rotatable bonds is 4. The highest BCUT2D eigenvalue weighted by molar-refractivity contribution is 6.01. The molecule has 30 heavy (non-hydrogen) atoms. The van der Waals surface area contributed by atoms with Crippen LogP contribution < -0.4 is 0 Å². The average molecular weight is 416 g/mol. The SMILES string of the molecule is C[C@]12C=CC(=O)C=C1CC[C@H]1C3=CC(O)[C@](O)(C(=O)C(O)CC(=O)O)[C@@]3(C)CC[C@@H]12. The van der Waals surface area contributed by atoms with E-state index < -0.39 is 41.4 Å². The number of allylic oxidation sites excluding steroid dienone is 4. The van der Waals surface area contributed by atoms with E-state index in [9.17, 15) is 29.7 Å². The summed E-state index contributed by atoms with van der Waals surface area (Å²) >= 11 is 0. The second-order valence-corrected chi connectivity index (χ2v) is 9.62. The van der Waals surface area contributed by atoms with Gasteiger partial charge in [0.15, 0.2) is 17.2 Å². The maximum Gasteiger partial charge on any atom is 0.306 e. The summed E-state index contributed by atoms with van der Waals surface area (Å²) in [6.45, 7) is 3.84. The Balaban J connectivity index is 1.69. The number of carboxylic acids is 1. The van der Waals surface area contributed by atoms with Gasteiger partial charge in [0, 0.05) is 10.8 Å². The van der Waals surface area contributed by atoms with Gasteiger partial charge in [0.25, 0.3) is 0 Å². The van der Waals surface area contributed by atoms with Crippen LogP contribution in [0.3, 0.4) is 0 Å². The van der Waals surface area contributed by atoms with Crippen molar-refractivity contribution in [3.8, 4) is 0 Å². The van der Waals surface area contributed by atoms with Crippen LogP contribution >= 0.6 is 0 Å². The van der Waals surface area contributed by atoms with Gasteiger partial charge in [-0.1, -0.05) is 37.1 Å². The molecule has 7 heteroatoms. The average Bonchev–Trinajstić information content (AvgIpc) is 2.88. The van der Waals surface area contributed by atoms with Gasteiger partial charge in [0.05, 0.1) is 6.42 Å². The number of fused-ring (bicyclic) bond motifs is 5. The molecule has 7 atom stereocenters. The number of hydrogen-bond donors (Lipinski definition) is 4. The van der Waals surface area contributed by atoms with Crippen LogP contribution in [0.25, 0.3) is 0 Å². The van der Waals surface area contributed by atoms with Crippen molar-refractivity contribution in [2.45, 2.75) is 63.8 Å². The van der Waals surface area contributed by atoms with Crippen LogP contribution in [-0.4, -0.2) is 55.8 Å². The summed E-state index contributed by atoms with van der Waals surface area (Å²) in [6.07, 6.45) is 5.11. The molecule has 2 saturated carbocycles. The molecule has 0 radical (unpaired) electrons. The monoisotopic (exact) mass is 416 g/mol. The molecule has 4 rings (SSSR count). The van der Waals surface area contributed by atoms with Gasteiger partial charge < -0.3 is 20.4 Å². The zero-order valence-electron chi connectivity index (χ0n) is 17.2. The van der Waals surface area contributed by atoms with Crippen molar-refractivity contribution in [1.29, 1.82) is 0 Å². The normalized spacial score (nSPS) is 43.1. The number of hydrogen-bond acceptors (Lipinski definition) is 6. The molecule has 0 heterocycles. The quantitative estimate of drug-likeness (QED) is 0.508. The lowest BCUT2D eigenvalue weighted by Crippen LogP contribution is -2.62. The van der Waals surface area contributed by atoms with E-state index in [-0.39, 0.29) is 23.0 Å². The number of carbonyl (C=O) groups excluding carboxylic acids is 2. The summed E-state index contributed by atoms with van der Waals surface area (Å²) in [5.41, 5.74) is -1.75. The molecular weight excluding hydrogens is 388 g/mol. The Labute approximate surface area is 174 Å². The minimum absolute atomic E-state index is 0.00975. The second kappa shape index (κ2) is 6.70. The molecule has 7 nitrogen and oxygen atoms in total. The van der Waals surface area contributed by atoms with Crippen molar-refractivity contribution < 1.29 is 34.8 Å². The number of aliphatic hydroxyl groups is 3. The zero-order valence-corrected chi connectivity index (χ0v) is 17.2. The van der Waals surface area contributed by atoms with Crippen molar-refractivity contribution >= 4 is 17.5 Å². The highest BCUT2D eigenvalue weighted by Crippen LogP contribution is 2.65. The van der Waals surface area contributed by atoms with Gasteiger partial charge in [-0.25, -0.2) is 0 Å². The van der Waals surface area contributed by atoms with Crippen molar-refractivity contribution in [3.05, 3.63) is 35.5 Å². The van der Waals surface area contributed by atoms with Crippen LogP contribution in [0, 0.1) is 22.7 Å². The van der Waals surface area contributed by atoms with Crippen LogP contribution in [0.1, 0.15) is 46.0 Å². The third-order valence-corrected chi connectivity index (χ3v) is 8.23. The summed E-state index contributed by atoms with van der Waals surface area (Å²) in [7, 11) is 0. The number of ketones is 2. The summed E-state index contributed by atoms with van der Waals surface area (Å²) in [6, 6.07) is 0. The molecule has 0 saturated heterocycles. The van der Waals surface area contributed by atoms with Gasteiger partial charge in [-0.05, 0) is 49.7 Å². The molecule has 0 aliphatic heterocycles. The van der Waals surface area contributed by atoms with Gasteiger partial charge in [-0.2, -0.15) is 0 Å². The summed E-state index contributed by atoms with van der Waals surface area (Å²) in [4.78, 5) is 35.8. The van der Waals surface area contributed by atoms with Crippen LogP contribution in [0.5, 0.6) is 0 Å². The fourth-order valence-corrected chi connectivity index (χ4v) is 6.51. The van der Waals surface area contributed by atoms with Gasteiger partial charge in [-0.3, -0.25) is 14.4 Å². The molecule has 4 aliphatic rings. The fraction of sp³-hybridized carbons (Fsp3) is 0.609. The molecule has 4 aliphatic carbocycles. The van der Waals surface area contributed by atoms with Crippen molar-refractivity contribution in [2.24, 2.45) is 22.7 Å². The molecule has 162 valence electrons. The van der Waals surface area contributed by atoms with E-state index in [0.717, 1.165) is 17.6 Å². The van der Waals surface area contributed by atoms with E-state index in [0.29, 0.717) is 19.3 Å². The summed E-state index contributed by atoms with van der Waals surface area (Å²) in [5.74, 6) is -2.24. The highest BCUT2D eigenvalue weighted by Gasteiger charge is 2.67. The standard InChI is InChI=1S/C23H28O7/c1-21-7-5-13(24)9-12(21)3-4-14-15(21)6-8-22(2)16(14)10-18(26)23(22,30)20(29)17(25)11-19(27)28/h5,7,9-10,14-15,17-18,25-26,30H,3-4,6,8,11H2,1-2H3,(H,27,28)/t14-,15+,17?,18?,21+,22+,23+/m1/s1. The molecule has 4 N–H and O–H groups in total. The number of carboxylic acid groups (broad SMARTS) is 1. The Bertz CT molecular complexity index is 915. The first-order valence-corrected chi connectivity index (χ1v) is 10.5. The lowest BCUT2D eigenvalue weighted by Gasteiger charge is -2.56. The predicted octanol–water partition coefficient (Wildman–Crippen LogP) is 1.32. The van der Waals surface area contributed by atoms with Crippen LogP contribution in [-0.2, 0) is 14.4 Å². The van der Waals surface area contributed by atoms with E-state index in [1.54, 1.807) is 19.1 Å². The van der Waals surface area contributed by atoms with Crippen LogP contribution in [0.4, 0.5) is 0 Å². The topological polar surface area (TPSA) is 132 Å². The maximum atomic E-state index is 12.9. The lowest BCUT2D eigenvalue weighted by molar-refractivity contribution is -0.175. The molecule has 0 spiro atoms. The van der Waals surface area contributed by atoms with E-state index >= 15 is 0 Å². The van der Waals surface area contributed by atoms with E-state index in [4.69, 9.17) is 5.11 Å². The fourth-order valence-electron chi connectivity index (χ4n) is 6.51. The van der Waals surface area contributed by atoms with Crippen molar-refractivity contribution in [2.75, 3.05) is 0 Å². The molecule has 2 unspecified atom stereocenters. The summed E-state index contributed by atoms with van der Waals surface area (Å²) < 4.78 is 0. The Morgan fingerprint density at radius 2 is 1.97 bits per heavy atom. The number of Topliss-reactive ketones (excluding diaryl/α,β-unsaturated/α-hetero) is 1. The maximum absolute atomic E-state index is 12.9. The largest absolute Gasteiger partial charge is 0.481 e. The third-order valence-electron chi connectivity index (χ3n) is 8.23. The van der Waals surface area contributed by atoms with E-state index in [2.05, 4.69) is 6.92 Å². The Hall–Kier alpha value is -2.09. The molecule has 2 fully saturated rings. The molecule has 0 aromatic carbocycles. The summed E-state index contributed by atoms with van der Waals surface area (Å²) in [5, 5.41) is 41.2. The van der Waals surface area contributed by atoms with E-state index in [1.807, 2.05) is 6.08 Å². The Morgan fingerprint density at radius 3 is 2.63 bits per heavy atom. The van der Waals surface area contributed by atoms with E-state index in [1.165, 1.54) is 6.08 Å². The molecule has 0 aromatic heterocycles.